The van der Waals surface area contributed by atoms with Crippen molar-refractivity contribution in [3.8, 4) is 0 Å². The number of fused-ring (bicyclic) bond motifs is 1. The number of piperidine rings is 1. The lowest BCUT2D eigenvalue weighted by Gasteiger charge is -2.43. The molecule has 6 rings (SSSR count). The summed E-state index contributed by atoms with van der Waals surface area (Å²) in [6.45, 7) is 4.45. The normalized spacial score (nSPS) is 17.2. The van der Waals surface area contributed by atoms with E-state index in [4.69, 9.17) is 0 Å². The number of likely N-dealkylation sites (N-methyl/N-ethyl adjacent to an activating group) is 1. The van der Waals surface area contributed by atoms with Gasteiger partial charge in [0.05, 0.1) is 12.2 Å². The van der Waals surface area contributed by atoms with Crippen LogP contribution in [-0.4, -0.2) is 58.5 Å². The fraction of sp³-hybridized carbons (Fsp3) is 0.290. The van der Waals surface area contributed by atoms with Crippen LogP contribution in [0.3, 0.4) is 0 Å². The van der Waals surface area contributed by atoms with Crippen LogP contribution in [0, 0.1) is 6.92 Å². The van der Waals surface area contributed by atoms with Crippen molar-refractivity contribution < 1.29 is 9.59 Å². The van der Waals surface area contributed by atoms with Crippen molar-refractivity contribution in [3.05, 3.63) is 102 Å². The predicted molar refractivity (Wildman–Crippen MR) is 147 cm³/mol. The van der Waals surface area contributed by atoms with Crippen LogP contribution in [-0.2, 0) is 11.3 Å². The Morgan fingerprint density at radius 3 is 2.19 bits per heavy atom. The highest BCUT2D eigenvalue weighted by Crippen LogP contribution is 2.39. The molecule has 3 heterocycles. The van der Waals surface area contributed by atoms with E-state index in [1.54, 1.807) is 0 Å². The van der Waals surface area contributed by atoms with Crippen molar-refractivity contribution in [2.45, 2.75) is 31.8 Å². The molecule has 0 aliphatic carbocycles. The molecular weight excluding hydrogens is 460 g/mol. The third kappa shape index (κ3) is 3.79. The largest absolute Gasteiger partial charge is 0.340 e. The van der Waals surface area contributed by atoms with E-state index in [0.29, 0.717) is 32.6 Å². The summed E-state index contributed by atoms with van der Waals surface area (Å²) < 4.78 is 2.25. The number of nitrogens with zero attached hydrogens (tertiary/aromatic N) is 4. The molecule has 1 aromatic heterocycles. The van der Waals surface area contributed by atoms with Gasteiger partial charge in [0.2, 0.25) is 5.91 Å². The Morgan fingerprint density at radius 2 is 1.49 bits per heavy atom. The predicted octanol–water partition coefficient (Wildman–Crippen LogP) is 4.91. The summed E-state index contributed by atoms with van der Waals surface area (Å²) >= 11 is 0. The second-order valence-electron chi connectivity index (χ2n) is 10.3. The van der Waals surface area contributed by atoms with Crippen molar-refractivity contribution in [2.75, 3.05) is 31.7 Å². The second kappa shape index (κ2) is 9.11. The van der Waals surface area contributed by atoms with Gasteiger partial charge >= 0.3 is 0 Å². The van der Waals surface area contributed by atoms with Gasteiger partial charge in [0.1, 0.15) is 5.54 Å². The molecule has 2 amide bonds. The van der Waals surface area contributed by atoms with Crippen LogP contribution in [0.1, 0.15) is 34.5 Å². The Bertz CT molecular complexity index is 1450. The van der Waals surface area contributed by atoms with Gasteiger partial charge in [0.15, 0.2) is 0 Å². The van der Waals surface area contributed by atoms with Crippen molar-refractivity contribution >= 4 is 28.4 Å². The average Bonchev–Trinajstić information content (AvgIpc) is 3.35. The van der Waals surface area contributed by atoms with Gasteiger partial charge in [0.25, 0.3) is 5.91 Å². The van der Waals surface area contributed by atoms with E-state index in [-0.39, 0.29) is 11.8 Å². The van der Waals surface area contributed by atoms with E-state index in [9.17, 15) is 9.59 Å². The number of carbonyl (C=O) groups is 2. The average molecular weight is 493 g/mol. The van der Waals surface area contributed by atoms with Gasteiger partial charge in [-0.1, -0.05) is 66.7 Å². The first kappa shape index (κ1) is 23.3. The molecule has 0 saturated carbocycles. The third-order valence-electron chi connectivity index (χ3n) is 8.19. The Balaban J connectivity index is 1.29. The number of hydrogen-bond acceptors (Lipinski definition) is 3. The molecule has 2 aliphatic heterocycles. The molecule has 188 valence electrons. The number of likely N-dealkylation sites (tertiary alicyclic amines) is 1. The molecule has 1 spiro atoms. The Morgan fingerprint density at radius 1 is 0.865 bits per heavy atom. The smallest absolute Gasteiger partial charge is 0.256 e. The van der Waals surface area contributed by atoms with E-state index in [0.717, 1.165) is 34.4 Å². The number of rotatable bonds is 4. The maximum Gasteiger partial charge on any atom is 0.256 e. The quantitative estimate of drug-likeness (QED) is 0.407. The van der Waals surface area contributed by atoms with Crippen molar-refractivity contribution in [1.29, 1.82) is 0 Å². The molecular formula is C31H32N4O2. The summed E-state index contributed by atoms with van der Waals surface area (Å²) in [6.07, 6.45) is 1.25. The highest BCUT2D eigenvalue weighted by molar-refractivity contribution is 6.08. The third-order valence-corrected chi connectivity index (χ3v) is 8.19. The van der Waals surface area contributed by atoms with Crippen LogP contribution in [0.5, 0.6) is 0 Å². The molecule has 0 unspecified atom stereocenters. The fourth-order valence-electron chi connectivity index (χ4n) is 6.21. The maximum absolute atomic E-state index is 14.0. The minimum absolute atomic E-state index is 0.0559. The van der Waals surface area contributed by atoms with Gasteiger partial charge in [-0.15, -0.1) is 0 Å². The molecule has 37 heavy (non-hydrogen) atoms. The molecule has 6 nitrogen and oxygen atoms in total. The number of hydrogen-bond donors (Lipinski definition) is 0. The molecule has 0 radical (unpaired) electrons. The lowest BCUT2D eigenvalue weighted by atomic mass is 9.85. The first-order valence-electron chi connectivity index (χ1n) is 13.0. The number of anilines is 1. The number of carbonyl (C=O) groups excluding carboxylic acids is 2. The first-order chi connectivity index (χ1) is 18.0. The van der Waals surface area contributed by atoms with Gasteiger partial charge in [-0.3, -0.25) is 9.59 Å². The number of para-hydroxylation sites is 2. The molecule has 4 aromatic rings. The van der Waals surface area contributed by atoms with Crippen molar-refractivity contribution in [2.24, 2.45) is 0 Å². The summed E-state index contributed by atoms with van der Waals surface area (Å²) in [4.78, 5) is 33.4. The van der Waals surface area contributed by atoms with Crippen LogP contribution in [0.15, 0.2) is 84.9 Å². The Kier molecular flexibility index (Phi) is 5.75. The van der Waals surface area contributed by atoms with Crippen molar-refractivity contribution in [1.82, 2.24) is 14.4 Å². The Labute approximate surface area is 217 Å². The zero-order valence-corrected chi connectivity index (χ0v) is 21.4. The molecule has 3 aromatic carbocycles. The molecule has 2 fully saturated rings. The molecule has 2 saturated heterocycles. The van der Waals surface area contributed by atoms with Gasteiger partial charge in [-0.2, -0.15) is 0 Å². The summed E-state index contributed by atoms with van der Waals surface area (Å²) in [6, 6.07) is 28.7. The highest BCUT2D eigenvalue weighted by Gasteiger charge is 2.53. The zero-order valence-electron chi connectivity index (χ0n) is 21.4. The van der Waals surface area contributed by atoms with Gasteiger partial charge in [-0.05, 0) is 43.5 Å². The standard InChI is InChI=1S/C31H32N4O2/c1-23-28(26-15-9-10-16-27(26)34(23)21-24-11-5-3-6-12-24)29(36)33-19-17-31(18-20-33)30(37)32(2)22-35(31)25-13-7-4-8-14-25/h3-16H,17-22H2,1-2H3. The van der Waals surface area contributed by atoms with E-state index >= 15 is 0 Å². The highest BCUT2D eigenvalue weighted by atomic mass is 16.2. The fourth-order valence-corrected chi connectivity index (χ4v) is 6.21. The Hall–Kier alpha value is -4.06. The molecule has 0 atom stereocenters. The van der Waals surface area contributed by atoms with Crippen LogP contribution in [0.4, 0.5) is 5.69 Å². The topological polar surface area (TPSA) is 48.8 Å². The van der Waals surface area contributed by atoms with Gasteiger partial charge in [0, 0.05) is 49.0 Å². The van der Waals surface area contributed by atoms with E-state index in [2.05, 4.69) is 45.9 Å². The molecule has 0 N–H and O–H groups in total. The summed E-state index contributed by atoms with van der Waals surface area (Å²) in [5.41, 5.74) is 4.50. The van der Waals surface area contributed by atoms with Crippen LogP contribution >= 0.6 is 0 Å². The first-order valence-corrected chi connectivity index (χ1v) is 13.0. The molecule has 2 aliphatic rings. The van der Waals surface area contributed by atoms with E-state index < -0.39 is 5.54 Å². The monoisotopic (exact) mass is 492 g/mol. The van der Waals surface area contributed by atoms with Crippen molar-refractivity contribution in [3.63, 3.8) is 0 Å². The second-order valence-corrected chi connectivity index (χ2v) is 10.3. The minimum atomic E-state index is -0.594. The number of benzene rings is 3. The zero-order chi connectivity index (χ0) is 25.6. The molecule has 6 heteroatoms. The maximum atomic E-state index is 14.0. The lowest BCUT2D eigenvalue weighted by molar-refractivity contribution is -0.132. The van der Waals surface area contributed by atoms with E-state index in [1.807, 2.05) is 72.3 Å². The van der Waals surface area contributed by atoms with Crippen LogP contribution < -0.4 is 4.90 Å². The SMILES string of the molecule is Cc1c(C(=O)N2CCC3(CC2)C(=O)N(C)CN3c2ccccc2)c2ccccc2n1Cc1ccccc1. The summed E-state index contributed by atoms with van der Waals surface area (Å²) in [7, 11) is 1.87. The number of aromatic nitrogens is 1. The number of amides is 2. The molecule has 0 bridgehead atoms. The van der Waals surface area contributed by atoms with Crippen LogP contribution in [0.25, 0.3) is 10.9 Å². The van der Waals surface area contributed by atoms with Gasteiger partial charge < -0.3 is 19.3 Å². The minimum Gasteiger partial charge on any atom is -0.340 e. The van der Waals surface area contributed by atoms with Crippen LogP contribution in [0.2, 0.25) is 0 Å². The lowest BCUT2D eigenvalue weighted by Crippen LogP contribution is -2.57. The van der Waals surface area contributed by atoms with E-state index in [1.165, 1.54) is 5.56 Å². The summed E-state index contributed by atoms with van der Waals surface area (Å²) in [5.74, 6) is 0.208. The summed E-state index contributed by atoms with van der Waals surface area (Å²) in [5, 5.41) is 0.990. The van der Waals surface area contributed by atoms with Gasteiger partial charge in [-0.25, -0.2) is 0 Å².